The quantitative estimate of drug-likeness (QED) is 0.665. The molecule has 4 rings (SSSR count). The SMILES string of the molecule is c1ccc(CN2CSC(COc3cccc4ccccc34)C2)cc1. The lowest BCUT2D eigenvalue weighted by atomic mass is 10.1. The lowest BCUT2D eigenvalue weighted by molar-refractivity contribution is 0.277. The van der Waals surface area contributed by atoms with Gasteiger partial charge in [-0.3, -0.25) is 4.90 Å². The zero-order chi connectivity index (χ0) is 16.2. The lowest BCUT2D eigenvalue weighted by Gasteiger charge is -2.16. The Morgan fingerprint density at radius 2 is 1.71 bits per heavy atom. The highest BCUT2D eigenvalue weighted by molar-refractivity contribution is 8.00. The summed E-state index contributed by atoms with van der Waals surface area (Å²) >= 11 is 2.00. The lowest BCUT2D eigenvalue weighted by Crippen LogP contribution is -2.24. The van der Waals surface area contributed by atoms with Crippen molar-refractivity contribution in [1.29, 1.82) is 0 Å². The van der Waals surface area contributed by atoms with Crippen LogP contribution >= 0.6 is 11.8 Å². The Kier molecular flexibility index (Phi) is 4.72. The number of benzene rings is 3. The summed E-state index contributed by atoms with van der Waals surface area (Å²) in [5.41, 5.74) is 1.38. The minimum absolute atomic E-state index is 0.535. The van der Waals surface area contributed by atoms with E-state index in [2.05, 4.69) is 77.7 Å². The Balaban J connectivity index is 1.35. The van der Waals surface area contributed by atoms with Crippen LogP contribution in [0.4, 0.5) is 0 Å². The molecule has 3 aromatic rings. The topological polar surface area (TPSA) is 12.5 Å². The van der Waals surface area contributed by atoms with Crippen LogP contribution in [0.15, 0.2) is 72.8 Å². The van der Waals surface area contributed by atoms with Crippen LogP contribution in [0.5, 0.6) is 5.75 Å². The Morgan fingerprint density at radius 1 is 0.917 bits per heavy atom. The van der Waals surface area contributed by atoms with E-state index in [0.717, 1.165) is 31.3 Å². The fourth-order valence-corrected chi connectivity index (χ4v) is 4.26. The molecule has 0 spiro atoms. The van der Waals surface area contributed by atoms with Crippen LogP contribution in [-0.4, -0.2) is 29.2 Å². The van der Waals surface area contributed by atoms with Crippen molar-refractivity contribution < 1.29 is 4.74 Å². The van der Waals surface area contributed by atoms with Crippen molar-refractivity contribution in [1.82, 2.24) is 4.90 Å². The van der Waals surface area contributed by atoms with Gasteiger partial charge in [0.2, 0.25) is 0 Å². The number of hydrogen-bond acceptors (Lipinski definition) is 3. The summed E-state index contributed by atoms with van der Waals surface area (Å²) < 4.78 is 6.15. The molecule has 122 valence electrons. The molecule has 2 nitrogen and oxygen atoms in total. The van der Waals surface area contributed by atoms with Crippen LogP contribution in [0.1, 0.15) is 5.56 Å². The van der Waals surface area contributed by atoms with E-state index in [1.165, 1.54) is 16.3 Å². The molecule has 0 amide bonds. The second-order valence-electron chi connectivity index (χ2n) is 6.20. The van der Waals surface area contributed by atoms with Gasteiger partial charge in [-0.15, -0.1) is 11.8 Å². The highest BCUT2D eigenvalue weighted by Crippen LogP contribution is 2.28. The third kappa shape index (κ3) is 3.58. The van der Waals surface area contributed by atoms with E-state index < -0.39 is 0 Å². The van der Waals surface area contributed by atoms with Gasteiger partial charge in [-0.2, -0.15) is 0 Å². The maximum Gasteiger partial charge on any atom is 0.127 e. The second kappa shape index (κ2) is 7.29. The molecule has 1 aliphatic heterocycles. The fourth-order valence-electron chi connectivity index (χ4n) is 3.16. The largest absolute Gasteiger partial charge is 0.492 e. The van der Waals surface area contributed by atoms with Crippen molar-refractivity contribution in [3.63, 3.8) is 0 Å². The first-order chi connectivity index (χ1) is 11.9. The molecule has 1 saturated heterocycles. The number of nitrogens with zero attached hydrogens (tertiary/aromatic N) is 1. The zero-order valence-corrected chi connectivity index (χ0v) is 14.4. The molecule has 0 aliphatic carbocycles. The normalized spacial score (nSPS) is 18.1. The smallest absolute Gasteiger partial charge is 0.127 e. The molecule has 1 atom stereocenters. The van der Waals surface area contributed by atoms with E-state index in [1.54, 1.807) is 0 Å². The molecule has 0 radical (unpaired) electrons. The van der Waals surface area contributed by atoms with Crippen LogP contribution in [0.2, 0.25) is 0 Å². The Labute approximate surface area is 147 Å². The van der Waals surface area contributed by atoms with Gasteiger partial charge in [0.05, 0.1) is 5.25 Å². The molecule has 3 heteroatoms. The number of rotatable bonds is 5. The molecule has 24 heavy (non-hydrogen) atoms. The Bertz CT molecular complexity index is 800. The van der Waals surface area contributed by atoms with Gasteiger partial charge in [0.25, 0.3) is 0 Å². The molecule has 1 fully saturated rings. The highest BCUT2D eigenvalue weighted by atomic mass is 32.2. The van der Waals surface area contributed by atoms with E-state index in [4.69, 9.17) is 4.74 Å². The van der Waals surface area contributed by atoms with E-state index in [9.17, 15) is 0 Å². The maximum absolute atomic E-state index is 6.15. The van der Waals surface area contributed by atoms with Crippen LogP contribution < -0.4 is 4.74 Å². The zero-order valence-electron chi connectivity index (χ0n) is 13.6. The van der Waals surface area contributed by atoms with Gasteiger partial charge in [0, 0.05) is 24.4 Å². The summed E-state index contributed by atoms with van der Waals surface area (Å²) in [4.78, 5) is 2.50. The average molecular weight is 335 g/mol. The summed E-state index contributed by atoms with van der Waals surface area (Å²) in [7, 11) is 0. The van der Waals surface area contributed by atoms with Crippen LogP contribution in [0.25, 0.3) is 10.8 Å². The van der Waals surface area contributed by atoms with Gasteiger partial charge in [0.1, 0.15) is 12.4 Å². The average Bonchev–Trinajstić information content (AvgIpc) is 3.08. The number of thioether (sulfide) groups is 1. The molecule has 1 unspecified atom stereocenters. The minimum Gasteiger partial charge on any atom is -0.492 e. The molecule has 0 aromatic heterocycles. The molecule has 0 N–H and O–H groups in total. The highest BCUT2D eigenvalue weighted by Gasteiger charge is 2.23. The standard InChI is InChI=1S/C21H21NOS/c1-2-7-17(8-3-1)13-22-14-19(24-16-22)15-23-21-12-6-10-18-9-4-5-11-20(18)21/h1-12,19H,13-16H2. The molecule has 3 aromatic carbocycles. The van der Waals surface area contributed by atoms with Gasteiger partial charge < -0.3 is 4.74 Å². The first-order valence-electron chi connectivity index (χ1n) is 8.37. The summed E-state index contributed by atoms with van der Waals surface area (Å²) in [6.07, 6.45) is 0. The summed E-state index contributed by atoms with van der Waals surface area (Å²) in [5.74, 6) is 2.08. The molecular weight excluding hydrogens is 314 g/mol. The van der Waals surface area contributed by atoms with E-state index in [0.29, 0.717) is 5.25 Å². The molecule has 1 aliphatic rings. The summed E-state index contributed by atoms with van der Waals surface area (Å²) in [5, 5.41) is 2.97. The van der Waals surface area contributed by atoms with Crippen LogP contribution in [-0.2, 0) is 6.54 Å². The van der Waals surface area contributed by atoms with Crippen molar-refractivity contribution in [2.45, 2.75) is 11.8 Å². The molecule has 0 bridgehead atoms. The van der Waals surface area contributed by atoms with Gasteiger partial charge in [-0.1, -0.05) is 66.7 Å². The van der Waals surface area contributed by atoms with E-state index >= 15 is 0 Å². The first kappa shape index (κ1) is 15.6. The summed E-state index contributed by atoms with van der Waals surface area (Å²) in [6.45, 7) is 2.88. The van der Waals surface area contributed by atoms with Gasteiger partial charge in [-0.25, -0.2) is 0 Å². The monoisotopic (exact) mass is 335 g/mol. The van der Waals surface area contributed by atoms with Crippen molar-refractivity contribution in [3.05, 3.63) is 78.4 Å². The maximum atomic E-state index is 6.15. The van der Waals surface area contributed by atoms with Crippen LogP contribution in [0, 0.1) is 0 Å². The van der Waals surface area contributed by atoms with Crippen LogP contribution in [0.3, 0.4) is 0 Å². The van der Waals surface area contributed by atoms with Crippen molar-refractivity contribution >= 4 is 22.5 Å². The summed E-state index contributed by atoms with van der Waals surface area (Å²) in [6, 6.07) is 25.4. The van der Waals surface area contributed by atoms with E-state index in [-0.39, 0.29) is 0 Å². The minimum atomic E-state index is 0.535. The van der Waals surface area contributed by atoms with Crippen molar-refractivity contribution in [3.8, 4) is 5.75 Å². The van der Waals surface area contributed by atoms with Crippen molar-refractivity contribution in [2.75, 3.05) is 19.0 Å². The van der Waals surface area contributed by atoms with E-state index in [1.807, 2.05) is 11.8 Å². The third-order valence-electron chi connectivity index (χ3n) is 4.38. The number of fused-ring (bicyclic) bond motifs is 1. The Morgan fingerprint density at radius 3 is 2.62 bits per heavy atom. The molecule has 0 saturated carbocycles. The predicted molar refractivity (Wildman–Crippen MR) is 103 cm³/mol. The Hall–Kier alpha value is -1.97. The van der Waals surface area contributed by atoms with Gasteiger partial charge in [-0.05, 0) is 17.0 Å². The third-order valence-corrected chi connectivity index (χ3v) is 5.65. The van der Waals surface area contributed by atoms with Gasteiger partial charge in [0.15, 0.2) is 0 Å². The molecular formula is C21H21NOS. The fraction of sp³-hybridized carbons (Fsp3) is 0.238. The van der Waals surface area contributed by atoms with Gasteiger partial charge >= 0.3 is 0 Å². The first-order valence-corrected chi connectivity index (χ1v) is 9.42. The number of hydrogen-bond donors (Lipinski definition) is 0. The molecule has 1 heterocycles. The van der Waals surface area contributed by atoms with Crippen molar-refractivity contribution in [2.24, 2.45) is 0 Å². The number of ether oxygens (including phenoxy) is 1. The second-order valence-corrected chi connectivity index (χ2v) is 7.46. The predicted octanol–water partition coefficient (Wildman–Crippen LogP) is 4.79.